The first-order chi connectivity index (χ1) is 7.50. The minimum absolute atomic E-state index is 0.103. The first-order valence-electron chi connectivity index (χ1n) is 5.31. The summed E-state index contributed by atoms with van der Waals surface area (Å²) < 4.78 is 10.8. The molecule has 0 aliphatic heterocycles. The van der Waals surface area contributed by atoms with Crippen molar-refractivity contribution in [3.05, 3.63) is 0 Å². The molecule has 0 radical (unpaired) electrons. The van der Waals surface area contributed by atoms with Crippen LogP contribution in [0.2, 0.25) is 0 Å². The van der Waals surface area contributed by atoms with E-state index in [0.717, 1.165) is 0 Å². The van der Waals surface area contributed by atoms with Crippen molar-refractivity contribution in [1.82, 2.24) is 5.32 Å². The molecule has 0 aromatic carbocycles. The van der Waals surface area contributed by atoms with Crippen LogP contribution in [-0.4, -0.2) is 39.7 Å². The molecule has 1 aliphatic carbocycles. The summed E-state index contributed by atoms with van der Waals surface area (Å²) in [5, 5.41) is 11.5. The lowest BCUT2D eigenvalue weighted by atomic mass is 10.0. The maximum absolute atomic E-state index is 11.6. The monoisotopic (exact) mass is 247 g/mol. The van der Waals surface area contributed by atoms with Crippen molar-refractivity contribution in [3.63, 3.8) is 0 Å². The zero-order valence-corrected chi connectivity index (χ0v) is 10.1. The molecule has 0 saturated heterocycles. The molecule has 5 nitrogen and oxygen atoms in total. The Morgan fingerprint density at radius 1 is 1.38 bits per heavy atom. The molecule has 3 unspecified atom stereocenters. The third-order valence-electron chi connectivity index (χ3n) is 2.84. The number of carbonyl (C=O) groups is 2. The van der Waals surface area contributed by atoms with Crippen molar-refractivity contribution < 1.29 is 18.9 Å². The lowest BCUT2D eigenvalue weighted by Crippen LogP contribution is -2.32. The van der Waals surface area contributed by atoms with Gasteiger partial charge in [0.05, 0.1) is 5.92 Å². The zero-order chi connectivity index (χ0) is 12.1. The van der Waals surface area contributed by atoms with Crippen LogP contribution in [0.3, 0.4) is 0 Å². The topological polar surface area (TPSA) is 83.5 Å². The molecule has 1 rings (SSSR count). The number of aliphatic carboxylic acids is 1. The highest BCUT2D eigenvalue weighted by Crippen LogP contribution is 2.30. The van der Waals surface area contributed by atoms with Gasteiger partial charge in [0.25, 0.3) is 0 Å². The predicted molar refractivity (Wildman–Crippen MR) is 60.4 cm³/mol. The van der Waals surface area contributed by atoms with Crippen molar-refractivity contribution in [2.24, 2.45) is 11.8 Å². The molecule has 16 heavy (non-hydrogen) atoms. The van der Waals surface area contributed by atoms with E-state index in [0.29, 0.717) is 31.6 Å². The lowest BCUT2D eigenvalue weighted by Gasteiger charge is -2.09. The number of carbonyl (C=O) groups excluding carboxylic acids is 1. The Balaban J connectivity index is 2.28. The largest absolute Gasteiger partial charge is 0.481 e. The smallest absolute Gasteiger partial charge is 0.306 e. The van der Waals surface area contributed by atoms with E-state index in [4.69, 9.17) is 5.11 Å². The summed E-state index contributed by atoms with van der Waals surface area (Å²) in [5.41, 5.74) is 0. The Morgan fingerprint density at radius 2 is 2.00 bits per heavy atom. The fraction of sp³-hybridized carbons (Fsp3) is 0.800. The van der Waals surface area contributed by atoms with E-state index in [-0.39, 0.29) is 17.7 Å². The van der Waals surface area contributed by atoms with Crippen molar-refractivity contribution >= 4 is 22.7 Å². The van der Waals surface area contributed by atoms with Crippen LogP contribution in [0.5, 0.6) is 0 Å². The molecule has 0 bridgehead atoms. The molecule has 1 amide bonds. The minimum Gasteiger partial charge on any atom is -0.481 e. The number of nitrogens with one attached hydrogen (secondary N) is 1. The highest BCUT2D eigenvalue weighted by Gasteiger charge is 2.33. The van der Waals surface area contributed by atoms with Crippen molar-refractivity contribution in [1.29, 1.82) is 0 Å². The van der Waals surface area contributed by atoms with E-state index >= 15 is 0 Å². The number of rotatable bonds is 5. The summed E-state index contributed by atoms with van der Waals surface area (Å²) >= 11 is 0. The number of hydrogen-bond acceptors (Lipinski definition) is 3. The van der Waals surface area contributed by atoms with Crippen LogP contribution in [0.15, 0.2) is 0 Å². The lowest BCUT2D eigenvalue weighted by molar-refractivity contribution is -0.141. The molecule has 0 aromatic rings. The maximum atomic E-state index is 11.6. The fourth-order valence-electron chi connectivity index (χ4n) is 1.91. The predicted octanol–water partition coefficient (Wildman–Crippen LogP) is -0.0180. The minimum atomic E-state index is -0.907. The molecule has 0 aromatic heterocycles. The molecule has 6 heteroatoms. The zero-order valence-electron chi connectivity index (χ0n) is 9.27. The molecule has 2 N–H and O–H groups in total. The van der Waals surface area contributed by atoms with Gasteiger partial charge in [0.2, 0.25) is 5.91 Å². The second kappa shape index (κ2) is 5.98. The van der Waals surface area contributed by atoms with Crippen LogP contribution >= 0.6 is 0 Å². The van der Waals surface area contributed by atoms with Crippen LogP contribution < -0.4 is 5.32 Å². The second-order valence-corrected chi connectivity index (χ2v) is 5.67. The van der Waals surface area contributed by atoms with Gasteiger partial charge in [0.1, 0.15) is 0 Å². The third-order valence-corrected chi connectivity index (χ3v) is 3.62. The summed E-state index contributed by atoms with van der Waals surface area (Å²) in [5.74, 6) is -1.04. The van der Waals surface area contributed by atoms with Crippen LogP contribution in [0.4, 0.5) is 0 Å². The number of amides is 1. The molecule has 0 spiro atoms. The number of carboxylic acids is 1. The van der Waals surface area contributed by atoms with Crippen molar-refractivity contribution in [3.8, 4) is 0 Å². The highest BCUT2D eigenvalue weighted by atomic mass is 32.2. The van der Waals surface area contributed by atoms with Crippen LogP contribution in [0.1, 0.15) is 19.3 Å². The summed E-state index contributed by atoms with van der Waals surface area (Å²) in [7, 11) is -0.907. The average Bonchev–Trinajstić information content (AvgIpc) is 2.65. The molecular weight excluding hydrogens is 230 g/mol. The molecular formula is C10H17NO4S. The molecule has 0 heterocycles. The van der Waals surface area contributed by atoms with Gasteiger partial charge in [-0.25, -0.2) is 0 Å². The van der Waals surface area contributed by atoms with E-state index in [1.807, 2.05) is 0 Å². The van der Waals surface area contributed by atoms with Gasteiger partial charge in [-0.3, -0.25) is 13.8 Å². The van der Waals surface area contributed by atoms with Gasteiger partial charge in [-0.05, 0) is 19.3 Å². The fourth-order valence-corrected chi connectivity index (χ4v) is 2.30. The van der Waals surface area contributed by atoms with Crippen molar-refractivity contribution in [2.45, 2.75) is 19.3 Å². The summed E-state index contributed by atoms with van der Waals surface area (Å²) in [6.45, 7) is 0.399. The third kappa shape index (κ3) is 3.92. The van der Waals surface area contributed by atoms with Gasteiger partial charge in [-0.1, -0.05) is 0 Å². The van der Waals surface area contributed by atoms with E-state index in [9.17, 15) is 13.8 Å². The normalized spacial score (nSPS) is 26.3. The van der Waals surface area contributed by atoms with Crippen LogP contribution in [-0.2, 0) is 20.4 Å². The van der Waals surface area contributed by atoms with Crippen molar-refractivity contribution in [2.75, 3.05) is 18.6 Å². The van der Waals surface area contributed by atoms with Crippen LogP contribution in [0.25, 0.3) is 0 Å². The van der Waals surface area contributed by atoms with E-state index in [2.05, 4.69) is 5.32 Å². The summed E-state index contributed by atoms with van der Waals surface area (Å²) in [6.07, 6.45) is 3.23. The highest BCUT2D eigenvalue weighted by molar-refractivity contribution is 7.84. The van der Waals surface area contributed by atoms with E-state index < -0.39 is 16.8 Å². The summed E-state index contributed by atoms with van der Waals surface area (Å²) in [4.78, 5) is 22.3. The Morgan fingerprint density at radius 3 is 2.50 bits per heavy atom. The Bertz CT molecular complexity index is 305. The second-order valence-electron chi connectivity index (χ2n) is 4.11. The van der Waals surface area contributed by atoms with E-state index in [1.165, 1.54) is 0 Å². The van der Waals surface area contributed by atoms with E-state index in [1.54, 1.807) is 6.26 Å². The van der Waals surface area contributed by atoms with Gasteiger partial charge >= 0.3 is 5.97 Å². The van der Waals surface area contributed by atoms with Gasteiger partial charge in [-0.15, -0.1) is 0 Å². The Kier molecular flexibility index (Phi) is 4.92. The number of hydrogen-bond donors (Lipinski definition) is 2. The summed E-state index contributed by atoms with van der Waals surface area (Å²) in [6, 6.07) is 0. The Hall–Kier alpha value is -0.910. The van der Waals surface area contributed by atoms with Gasteiger partial charge < -0.3 is 10.4 Å². The van der Waals surface area contributed by atoms with Crippen LogP contribution in [0, 0.1) is 11.8 Å². The average molecular weight is 247 g/mol. The molecule has 1 fully saturated rings. The standard InChI is InChI=1S/C10H17NO4S/c1-16(15)5-4-11-9(12)7-2-3-8(6-7)10(13)14/h7-8H,2-6H2,1H3,(H,11,12)(H,13,14). The first kappa shape index (κ1) is 13.2. The quantitative estimate of drug-likeness (QED) is 0.715. The van der Waals surface area contributed by atoms with Gasteiger partial charge in [0, 0.05) is 35.3 Å². The Labute approximate surface area is 97.1 Å². The molecule has 1 aliphatic rings. The molecule has 1 saturated carbocycles. The SMILES string of the molecule is CS(=O)CCNC(=O)C1CCC(C(=O)O)C1. The van der Waals surface area contributed by atoms with Gasteiger partial charge in [-0.2, -0.15) is 0 Å². The number of carboxylic acid groups (broad SMARTS) is 1. The molecule has 3 atom stereocenters. The first-order valence-corrected chi connectivity index (χ1v) is 7.04. The maximum Gasteiger partial charge on any atom is 0.306 e. The molecule has 92 valence electrons. The van der Waals surface area contributed by atoms with Gasteiger partial charge in [0.15, 0.2) is 0 Å².